The van der Waals surface area contributed by atoms with E-state index in [2.05, 4.69) is 15.9 Å². The topological polar surface area (TPSA) is 0 Å². The zero-order valence-corrected chi connectivity index (χ0v) is 10.4. The summed E-state index contributed by atoms with van der Waals surface area (Å²) in [6.07, 6.45) is 0. The molecular formula is C9H11BrF2Si. The molecule has 0 N–H and O–H groups in total. The highest BCUT2D eigenvalue weighted by Gasteiger charge is 2.25. The fourth-order valence-electron chi connectivity index (χ4n) is 1.26. The third kappa shape index (κ3) is 2.37. The van der Waals surface area contributed by atoms with Crippen LogP contribution < -0.4 is 5.19 Å². The predicted molar refractivity (Wildman–Crippen MR) is 57.0 cm³/mol. The highest BCUT2D eigenvalue weighted by Crippen LogP contribution is 2.16. The van der Waals surface area contributed by atoms with Crippen molar-refractivity contribution in [3.63, 3.8) is 0 Å². The second-order valence-electron chi connectivity index (χ2n) is 3.99. The van der Waals surface area contributed by atoms with Crippen LogP contribution in [0.1, 0.15) is 0 Å². The van der Waals surface area contributed by atoms with E-state index < -0.39 is 19.7 Å². The van der Waals surface area contributed by atoms with Gasteiger partial charge in [0.1, 0.15) is 11.6 Å². The van der Waals surface area contributed by atoms with E-state index in [9.17, 15) is 8.78 Å². The molecule has 1 aromatic carbocycles. The lowest BCUT2D eigenvalue weighted by Crippen LogP contribution is -2.42. The number of hydrogen-bond donors (Lipinski definition) is 0. The van der Waals surface area contributed by atoms with E-state index in [1.165, 1.54) is 12.1 Å². The minimum absolute atomic E-state index is 0.274. The first kappa shape index (κ1) is 10.9. The lowest BCUT2D eigenvalue weighted by atomic mass is 10.3. The SMILES string of the molecule is C[Si](C)(C)c1c(F)cc(Br)cc1F. The molecule has 0 saturated heterocycles. The Bertz CT molecular complexity index is 308. The van der Waals surface area contributed by atoms with Crippen LogP contribution >= 0.6 is 15.9 Å². The highest BCUT2D eigenvalue weighted by molar-refractivity contribution is 9.10. The van der Waals surface area contributed by atoms with E-state index in [0.717, 1.165) is 0 Å². The van der Waals surface area contributed by atoms with Crippen molar-refractivity contribution in [1.29, 1.82) is 0 Å². The van der Waals surface area contributed by atoms with Crippen molar-refractivity contribution in [3.05, 3.63) is 28.2 Å². The van der Waals surface area contributed by atoms with Crippen LogP contribution in [0.5, 0.6) is 0 Å². The van der Waals surface area contributed by atoms with Crippen LogP contribution in [0, 0.1) is 11.6 Å². The summed E-state index contributed by atoms with van der Waals surface area (Å²) in [4.78, 5) is 0. The maximum Gasteiger partial charge on any atom is 0.126 e. The monoisotopic (exact) mass is 264 g/mol. The van der Waals surface area contributed by atoms with Crippen LogP contribution in [-0.2, 0) is 0 Å². The molecule has 1 aromatic rings. The molecule has 0 spiro atoms. The molecule has 72 valence electrons. The van der Waals surface area contributed by atoms with Crippen molar-refractivity contribution < 1.29 is 8.78 Å². The van der Waals surface area contributed by atoms with Gasteiger partial charge in [0.25, 0.3) is 0 Å². The van der Waals surface area contributed by atoms with Crippen LogP contribution in [0.25, 0.3) is 0 Å². The smallest absolute Gasteiger partial charge is 0.126 e. The summed E-state index contributed by atoms with van der Waals surface area (Å²) < 4.78 is 27.2. The van der Waals surface area contributed by atoms with Crippen molar-refractivity contribution in [1.82, 2.24) is 0 Å². The number of halogens is 3. The molecule has 0 aliphatic carbocycles. The first-order valence-corrected chi connectivity index (χ1v) is 8.26. The molecule has 0 aromatic heterocycles. The molecule has 0 radical (unpaired) electrons. The Morgan fingerprint density at radius 3 is 1.77 bits per heavy atom. The van der Waals surface area contributed by atoms with E-state index in [4.69, 9.17) is 0 Å². The van der Waals surface area contributed by atoms with Gasteiger partial charge in [-0.3, -0.25) is 0 Å². The first-order chi connectivity index (χ1) is 5.82. The molecule has 0 amide bonds. The molecular weight excluding hydrogens is 254 g/mol. The molecule has 0 saturated carbocycles. The average Bonchev–Trinajstić information content (AvgIpc) is 1.78. The van der Waals surface area contributed by atoms with Gasteiger partial charge < -0.3 is 0 Å². The van der Waals surface area contributed by atoms with Gasteiger partial charge in [0.15, 0.2) is 0 Å². The molecule has 13 heavy (non-hydrogen) atoms. The van der Waals surface area contributed by atoms with E-state index in [-0.39, 0.29) is 5.19 Å². The minimum atomic E-state index is -1.92. The summed E-state index contributed by atoms with van der Waals surface area (Å²) in [5, 5.41) is 0.274. The second-order valence-corrected chi connectivity index (χ2v) is 9.91. The van der Waals surface area contributed by atoms with Gasteiger partial charge in [0.2, 0.25) is 0 Å². The van der Waals surface area contributed by atoms with E-state index in [1.54, 1.807) is 0 Å². The fraction of sp³-hybridized carbons (Fsp3) is 0.333. The van der Waals surface area contributed by atoms with Crippen LogP contribution in [0.4, 0.5) is 8.78 Å². The van der Waals surface area contributed by atoms with Crippen molar-refractivity contribution in [3.8, 4) is 0 Å². The van der Waals surface area contributed by atoms with Crippen molar-refractivity contribution in [2.75, 3.05) is 0 Å². The zero-order valence-electron chi connectivity index (χ0n) is 7.79. The van der Waals surface area contributed by atoms with Crippen molar-refractivity contribution in [2.45, 2.75) is 19.6 Å². The van der Waals surface area contributed by atoms with Crippen LogP contribution in [-0.4, -0.2) is 8.07 Å². The molecule has 0 unspecified atom stereocenters. The standard InChI is InChI=1S/C9H11BrF2Si/c1-13(2,3)9-7(11)4-6(10)5-8(9)12/h4-5H,1-3H3. The Morgan fingerprint density at radius 1 is 1.08 bits per heavy atom. The van der Waals surface area contributed by atoms with Gasteiger partial charge in [0.05, 0.1) is 8.07 Å². The van der Waals surface area contributed by atoms with Gasteiger partial charge in [-0.15, -0.1) is 0 Å². The van der Waals surface area contributed by atoms with Gasteiger partial charge >= 0.3 is 0 Å². The van der Waals surface area contributed by atoms with Crippen molar-refractivity contribution in [2.24, 2.45) is 0 Å². The van der Waals surface area contributed by atoms with Crippen molar-refractivity contribution >= 4 is 29.2 Å². The lowest BCUT2D eigenvalue weighted by molar-refractivity contribution is 0.594. The summed E-state index contributed by atoms with van der Waals surface area (Å²) in [5.41, 5.74) is 0. The van der Waals surface area contributed by atoms with E-state index in [1.807, 2.05) is 19.6 Å². The molecule has 0 fully saturated rings. The van der Waals surface area contributed by atoms with Gasteiger partial charge in [-0.2, -0.15) is 0 Å². The molecule has 0 heterocycles. The Kier molecular flexibility index (Phi) is 2.92. The van der Waals surface area contributed by atoms with Crippen LogP contribution in [0.2, 0.25) is 19.6 Å². The number of benzene rings is 1. The largest absolute Gasteiger partial charge is 0.207 e. The lowest BCUT2D eigenvalue weighted by Gasteiger charge is -2.18. The number of rotatable bonds is 1. The molecule has 0 aliphatic heterocycles. The first-order valence-electron chi connectivity index (χ1n) is 3.97. The van der Waals surface area contributed by atoms with Crippen LogP contribution in [0.15, 0.2) is 16.6 Å². The van der Waals surface area contributed by atoms with Gasteiger partial charge in [0, 0.05) is 9.66 Å². The molecule has 0 aliphatic rings. The fourth-order valence-corrected chi connectivity index (χ4v) is 3.24. The van der Waals surface area contributed by atoms with Crippen LogP contribution in [0.3, 0.4) is 0 Å². The molecule has 0 nitrogen and oxygen atoms in total. The summed E-state index contributed by atoms with van der Waals surface area (Å²) in [6.45, 7) is 5.76. The highest BCUT2D eigenvalue weighted by atomic mass is 79.9. The number of hydrogen-bond acceptors (Lipinski definition) is 0. The summed E-state index contributed by atoms with van der Waals surface area (Å²) in [7, 11) is -1.92. The maximum atomic E-state index is 13.4. The summed E-state index contributed by atoms with van der Waals surface area (Å²) in [6, 6.07) is 2.63. The minimum Gasteiger partial charge on any atom is -0.207 e. The van der Waals surface area contributed by atoms with E-state index in [0.29, 0.717) is 4.47 Å². The van der Waals surface area contributed by atoms with Gasteiger partial charge in [-0.05, 0) is 12.1 Å². The van der Waals surface area contributed by atoms with Gasteiger partial charge in [-0.1, -0.05) is 35.6 Å². The third-order valence-electron chi connectivity index (χ3n) is 1.76. The summed E-state index contributed by atoms with van der Waals surface area (Å²) in [5.74, 6) is -0.878. The molecule has 4 heteroatoms. The maximum absolute atomic E-state index is 13.4. The third-order valence-corrected chi connectivity index (χ3v) is 4.19. The molecule has 0 atom stereocenters. The second kappa shape index (κ2) is 3.50. The Hall–Kier alpha value is -0.223. The zero-order chi connectivity index (χ0) is 10.2. The van der Waals surface area contributed by atoms with E-state index >= 15 is 0 Å². The average molecular weight is 265 g/mol. The molecule has 0 bridgehead atoms. The Morgan fingerprint density at radius 2 is 1.46 bits per heavy atom. The Labute approximate surface area is 86.1 Å². The van der Waals surface area contributed by atoms with Gasteiger partial charge in [-0.25, -0.2) is 8.78 Å². The Balaban J connectivity index is 3.38. The predicted octanol–water partition coefficient (Wildman–Crippen LogP) is 3.27. The molecule has 1 rings (SSSR count). The quantitative estimate of drug-likeness (QED) is 0.684. The summed E-state index contributed by atoms with van der Waals surface area (Å²) >= 11 is 3.05. The normalized spacial score (nSPS) is 11.8.